The first-order valence-corrected chi connectivity index (χ1v) is 8.12. The Morgan fingerprint density at radius 2 is 1.48 bits per heavy atom. The summed E-state index contributed by atoms with van der Waals surface area (Å²) in [4.78, 5) is 0. The number of nitrogens with zero attached hydrogens (tertiary/aromatic N) is 3. The van der Waals surface area contributed by atoms with Crippen LogP contribution in [0.3, 0.4) is 0 Å². The standard InChI is InChI=1S/C20H25N3/c1-19(2,3)16-9-7-14-8-10-17(12-15(14)11-16)23-13-18(21-22-23)20(4,5)6/h7-13H,1-6H3. The number of fused-ring (bicyclic) bond motifs is 1. The first-order chi connectivity index (χ1) is 10.6. The summed E-state index contributed by atoms with van der Waals surface area (Å²) in [6.07, 6.45) is 2.02. The number of aromatic nitrogens is 3. The van der Waals surface area contributed by atoms with Crippen LogP contribution in [0.2, 0.25) is 0 Å². The van der Waals surface area contributed by atoms with Crippen molar-refractivity contribution in [3.05, 3.63) is 53.9 Å². The highest BCUT2D eigenvalue weighted by molar-refractivity contribution is 5.85. The summed E-state index contributed by atoms with van der Waals surface area (Å²) in [7, 11) is 0. The summed E-state index contributed by atoms with van der Waals surface area (Å²) in [5.41, 5.74) is 3.55. The van der Waals surface area contributed by atoms with E-state index in [0.717, 1.165) is 11.4 Å². The zero-order valence-electron chi connectivity index (χ0n) is 14.9. The van der Waals surface area contributed by atoms with E-state index in [-0.39, 0.29) is 10.8 Å². The first kappa shape index (κ1) is 15.7. The Labute approximate surface area is 138 Å². The average molecular weight is 307 g/mol. The highest BCUT2D eigenvalue weighted by Crippen LogP contribution is 2.27. The Hall–Kier alpha value is -2.16. The van der Waals surface area contributed by atoms with Gasteiger partial charge in [-0.2, -0.15) is 0 Å². The third-order valence-electron chi connectivity index (χ3n) is 4.22. The molecular formula is C20H25N3. The highest BCUT2D eigenvalue weighted by atomic mass is 15.4. The molecule has 0 atom stereocenters. The summed E-state index contributed by atoms with van der Waals surface area (Å²) in [5, 5.41) is 11.1. The van der Waals surface area contributed by atoms with Gasteiger partial charge < -0.3 is 0 Å². The maximum Gasteiger partial charge on any atom is 0.0885 e. The van der Waals surface area contributed by atoms with E-state index in [0.29, 0.717) is 0 Å². The van der Waals surface area contributed by atoms with Gasteiger partial charge in [0.2, 0.25) is 0 Å². The van der Waals surface area contributed by atoms with E-state index in [4.69, 9.17) is 0 Å². The lowest BCUT2D eigenvalue weighted by molar-refractivity contribution is 0.566. The molecule has 0 unspecified atom stereocenters. The predicted molar refractivity (Wildman–Crippen MR) is 96.3 cm³/mol. The molecule has 0 radical (unpaired) electrons. The minimum Gasteiger partial charge on any atom is -0.220 e. The van der Waals surface area contributed by atoms with Gasteiger partial charge in [-0.15, -0.1) is 5.10 Å². The van der Waals surface area contributed by atoms with Crippen molar-refractivity contribution >= 4 is 10.8 Å². The molecule has 2 aromatic carbocycles. The van der Waals surface area contributed by atoms with Gasteiger partial charge in [0, 0.05) is 5.41 Å². The maximum atomic E-state index is 4.31. The smallest absolute Gasteiger partial charge is 0.0885 e. The summed E-state index contributed by atoms with van der Waals surface area (Å²) >= 11 is 0. The molecule has 3 nitrogen and oxygen atoms in total. The first-order valence-electron chi connectivity index (χ1n) is 8.12. The fraction of sp³-hybridized carbons (Fsp3) is 0.400. The Balaban J connectivity index is 2.07. The van der Waals surface area contributed by atoms with Crippen molar-refractivity contribution in [2.45, 2.75) is 52.4 Å². The summed E-state index contributed by atoms with van der Waals surface area (Å²) in [6.45, 7) is 13.2. The molecule has 0 aliphatic rings. The van der Waals surface area contributed by atoms with E-state index in [9.17, 15) is 0 Å². The minimum absolute atomic E-state index is 0.00844. The lowest BCUT2D eigenvalue weighted by Crippen LogP contribution is -2.11. The largest absolute Gasteiger partial charge is 0.220 e. The van der Waals surface area contributed by atoms with Crippen LogP contribution in [0, 0.1) is 0 Å². The molecule has 0 fully saturated rings. The van der Waals surface area contributed by atoms with Crippen LogP contribution in [0.5, 0.6) is 0 Å². The molecule has 3 rings (SSSR count). The van der Waals surface area contributed by atoms with E-state index >= 15 is 0 Å². The average Bonchev–Trinajstić information content (AvgIpc) is 2.95. The van der Waals surface area contributed by atoms with Gasteiger partial charge in [-0.3, -0.25) is 0 Å². The van der Waals surface area contributed by atoms with Gasteiger partial charge in [0.05, 0.1) is 17.6 Å². The van der Waals surface area contributed by atoms with Gasteiger partial charge >= 0.3 is 0 Å². The maximum absolute atomic E-state index is 4.31. The van der Waals surface area contributed by atoms with Gasteiger partial charge in [0.1, 0.15) is 0 Å². The fourth-order valence-corrected chi connectivity index (χ4v) is 2.58. The normalized spacial score (nSPS) is 12.8. The SMILES string of the molecule is CC(C)(C)c1ccc2ccc(-n3cc(C(C)(C)C)nn3)cc2c1. The third kappa shape index (κ3) is 3.14. The summed E-state index contributed by atoms with van der Waals surface area (Å²) < 4.78 is 1.86. The Morgan fingerprint density at radius 1 is 0.783 bits per heavy atom. The molecule has 0 amide bonds. The van der Waals surface area contributed by atoms with E-state index in [1.807, 2.05) is 10.9 Å². The van der Waals surface area contributed by atoms with Gasteiger partial charge in [-0.25, -0.2) is 4.68 Å². The predicted octanol–water partition coefficient (Wildman–Crippen LogP) is 5.02. The Bertz CT molecular complexity index is 845. The molecule has 0 saturated carbocycles. The highest BCUT2D eigenvalue weighted by Gasteiger charge is 2.18. The number of rotatable bonds is 1. The molecule has 23 heavy (non-hydrogen) atoms. The van der Waals surface area contributed by atoms with Gasteiger partial charge in [-0.05, 0) is 33.9 Å². The van der Waals surface area contributed by atoms with Gasteiger partial charge in [-0.1, -0.05) is 71.0 Å². The molecule has 3 aromatic rings. The molecule has 1 heterocycles. The fourth-order valence-electron chi connectivity index (χ4n) is 2.58. The van der Waals surface area contributed by atoms with Crippen LogP contribution in [0.4, 0.5) is 0 Å². The third-order valence-corrected chi connectivity index (χ3v) is 4.22. The van der Waals surface area contributed by atoms with Crippen molar-refractivity contribution in [3.63, 3.8) is 0 Å². The van der Waals surface area contributed by atoms with E-state index in [1.165, 1.54) is 16.3 Å². The second-order valence-corrected chi connectivity index (χ2v) is 8.29. The van der Waals surface area contributed by atoms with Crippen molar-refractivity contribution in [2.75, 3.05) is 0 Å². The van der Waals surface area contributed by atoms with Crippen LogP contribution in [-0.2, 0) is 10.8 Å². The minimum atomic E-state index is 0.00844. The lowest BCUT2D eigenvalue weighted by atomic mass is 9.86. The molecule has 0 aliphatic carbocycles. The van der Waals surface area contributed by atoms with Gasteiger partial charge in [0.15, 0.2) is 0 Å². The number of hydrogen-bond donors (Lipinski definition) is 0. The van der Waals surface area contributed by atoms with Crippen molar-refractivity contribution in [3.8, 4) is 5.69 Å². The van der Waals surface area contributed by atoms with E-state index in [2.05, 4.69) is 88.3 Å². The van der Waals surface area contributed by atoms with Crippen molar-refractivity contribution < 1.29 is 0 Å². The summed E-state index contributed by atoms with van der Waals surface area (Å²) in [5.74, 6) is 0. The van der Waals surface area contributed by atoms with Crippen LogP contribution >= 0.6 is 0 Å². The van der Waals surface area contributed by atoms with Crippen molar-refractivity contribution in [1.29, 1.82) is 0 Å². The molecule has 0 spiro atoms. The molecule has 0 N–H and O–H groups in total. The second kappa shape index (κ2) is 5.19. The van der Waals surface area contributed by atoms with Crippen LogP contribution in [0.15, 0.2) is 42.6 Å². The molecule has 3 heteroatoms. The topological polar surface area (TPSA) is 30.7 Å². The quantitative estimate of drug-likeness (QED) is 0.632. The molecular weight excluding hydrogens is 282 g/mol. The second-order valence-electron chi connectivity index (χ2n) is 8.29. The van der Waals surface area contributed by atoms with Crippen LogP contribution in [-0.4, -0.2) is 15.0 Å². The summed E-state index contributed by atoms with van der Waals surface area (Å²) in [6, 6.07) is 13.1. The Morgan fingerprint density at radius 3 is 2.09 bits per heavy atom. The van der Waals surface area contributed by atoms with Gasteiger partial charge in [0.25, 0.3) is 0 Å². The number of hydrogen-bond acceptors (Lipinski definition) is 2. The van der Waals surface area contributed by atoms with Crippen molar-refractivity contribution in [1.82, 2.24) is 15.0 Å². The lowest BCUT2D eigenvalue weighted by Gasteiger charge is -2.19. The molecule has 0 aliphatic heterocycles. The molecule has 0 saturated heterocycles. The van der Waals surface area contributed by atoms with Crippen LogP contribution < -0.4 is 0 Å². The monoisotopic (exact) mass is 307 g/mol. The number of benzene rings is 2. The van der Waals surface area contributed by atoms with E-state index < -0.39 is 0 Å². The van der Waals surface area contributed by atoms with Crippen LogP contribution in [0.1, 0.15) is 52.8 Å². The molecule has 120 valence electrons. The zero-order chi connectivity index (χ0) is 16.8. The van der Waals surface area contributed by atoms with E-state index in [1.54, 1.807) is 0 Å². The zero-order valence-corrected chi connectivity index (χ0v) is 14.9. The molecule has 1 aromatic heterocycles. The molecule has 0 bridgehead atoms. The Kier molecular flexibility index (Phi) is 3.55. The van der Waals surface area contributed by atoms with Crippen molar-refractivity contribution in [2.24, 2.45) is 0 Å². The van der Waals surface area contributed by atoms with Crippen LogP contribution in [0.25, 0.3) is 16.5 Å².